The molecule has 0 amide bonds. The van der Waals surface area contributed by atoms with Crippen LogP contribution in [-0.4, -0.2) is 28.4 Å². The van der Waals surface area contributed by atoms with Crippen molar-refractivity contribution in [3.8, 4) is 0 Å². The summed E-state index contributed by atoms with van der Waals surface area (Å²) < 4.78 is 55.6. The Morgan fingerprint density at radius 1 is 0.585 bits per heavy atom. The summed E-state index contributed by atoms with van der Waals surface area (Å²) in [6, 6.07) is 12.8. The lowest BCUT2D eigenvalue weighted by molar-refractivity contribution is 0.0975. The van der Waals surface area contributed by atoms with Crippen molar-refractivity contribution in [1.29, 1.82) is 0 Å². The third-order valence-corrected chi connectivity index (χ3v) is 12.0. The van der Waals surface area contributed by atoms with Crippen molar-refractivity contribution in [3.05, 3.63) is 96.9 Å². The van der Waals surface area contributed by atoms with Gasteiger partial charge in [0.15, 0.2) is 11.6 Å². The van der Waals surface area contributed by atoms with Crippen LogP contribution in [0.5, 0.6) is 0 Å². The summed E-state index contributed by atoms with van der Waals surface area (Å²) in [5, 5.41) is 0. The third kappa shape index (κ3) is 4.30. The third-order valence-electron chi connectivity index (χ3n) is 6.87. The van der Waals surface area contributed by atoms with Gasteiger partial charge >= 0.3 is 0 Å². The Hall–Kier alpha value is -3.52. The molecule has 0 heterocycles. The summed E-state index contributed by atoms with van der Waals surface area (Å²) in [5.74, 6) is -2.00. The van der Waals surface area contributed by atoms with Gasteiger partial charge in [0.25, 0.3) is 0 Å². The second kappa shape index (κ2) is 9.79. The van der Waals surface area contributed by atoms with Gasteiger partial charge in [-0.3, -0.25) is 9.59 Å². The van der Waals surface area contributed by atoms with Crippen LogP contribution >= 0.6 is 31.9 Å². The molecule has 0 fully saturated rings. The molecule has 9 nitrogen and oxygen atoms in total. The fourth-order valence-corrected chi connectivity index (χ4v) is 8.89. The molecule has 4 aromatic rings. The standard InChI is InChI=1S/C28H21Br2N3O6S2/c1-12-3-7-14(8-4-12)40(36,37)17-11-16(29)23(31)19-18(17)26(34)21-20(27(19)35)24(32)22(30)25(33)28(21)41(38,39)15-9-5-13(2)6-10-15/h3-11H,31-33H2,1-2H3. The van der Waals surface area contributed by atoms with E-state index in [1.807, 2.05) is 0 Å². The van der Waals surface area contributed by atoms with Crippen LogP contribution in [0, 0.1) is 13.8 Å². The average molecular weight is 719 g/mol. The molecule has 0 atom stereocenters. The van der Waals surface area contributed by atoms with Crippen LogP contribution in [-0.2, 0) is 19.7 Å². The summed E-state index contributed by atoms with van der Waals surface area (Å²) in [7, 11) is -8.93. The zero-order valence-electron chi connectivity index (χ0n) is 21.5. The number of sulfone groups is 2. The number of halogens is 2. The molecule has 5 rings (SSSR count). The zero-order chi connectivity index (χ0) is 30.2. The van der Waals surface area contributed by atoms with Crippen LogP contribution in [0.25, 0.3) is 0 Å². The SMILES string of the molecule is Cc1ccc(S(=O)(=O)c2cc(Br)c(N)c3c2C(=O)c2c(c(N)c(Br)c(N)c2S(=O)(=O)c2ccc(C)cc2)C3=O)cc1. The molecule has 0 saturated carbocycles. The van der Waals surface area contributed by atoms with Gasteiger partial charge in [-0.1, -0.05) is 35.4 Å². The van der Waals surface area contributed by atoms with Crippen molar-refractivity contribution in [3.63, 3.8) is 0 Å². The van der Waals surface area contributed by atoms with Crippen LogP contribution in [0.1, 0.15) is 43.0 Å². The van der Waals surface area contributed by atoms with E-state index in [0.717, 1.165) is 17.2 Å². The number of aryl methyl sites for hydroxylation is 2. The first-order valence-corrected chi connectivity index (χ1v) is 16.4. The molecular weight excluding hydrogens is 698 g/mol. The Balaban J connectivity index is 1.91. The van der Waals surface area contributed by atoms with Crippen LogP contribution < -0.4 is 17.2 Å². The smallest absolute Gasteiger partial charge is 0.209 e. The van der Waals surface area contributed by atoms with Crippen LogP contribution in [0.3, 0.4) is 0 Å². The van der Waals surface area contributed by atoms with Crippen molar-refractivity contribution in [2.24, 2.45) is 0 Å². The molecular formula is C28H21Br2N3O6S2. The number of nitrogen functional groups attached to an aromatic ring is 3. The van der Waals surface area contributed by atoms with Crippen LogP contribution in [0.2, 0.25) is 0 Å². The predicted molar refractivity (Wildman–Crippen MR) is 162 cm³/mol. The lowest BCUT2D eigenvalue weighted by Gasteiger charge is -2.27. The highest BCUT2D eigenvalue weighted by molar-refractivity contribution is 9.11. The summed E-state index contributed by atoms with van der Waals surface area (Å²) in [6.07, 6.45) is 0. The summed E-state index contributed by atoms with van der Waals surface area (Å²) >= 11 is 6.38. The Kier molecular flexibility index (Phi) is 6.92. The quantitative estimate of drug-likeness (QED) is 0.215. The van der Waals surface area contributed by atoms with Gasteiger partial charge in [-0.05, 0) is 76.0 Å². The van der Waals surface area contributed by atoms with E-state index in [0.29, 0.717) is 0 Å². The van der Waals surface area contributed by atoms with E-state index < -0.39 is 69.0 Å². The molecule has 1 aliphatic carbocycles. The van der Waals surface area contributed by atoms with E-state index in [-0.39, 0.29) is 30.1 Å². The van der Waals surface area contributed by atoms with E-state index >= 15 is 0 Å². The van der Waals surface area contributed by atoms with E-state index in [4.69, 9.17) is 17.2 Å². The van der Waals surface area contributed by atoms with Crippen molar-refractivity contribution < 1.29 is 26.4 Å². The maximum absolute atomic E-state index is 14.4. The van der Waals surface area contributed by atoms with Crippen LogP contribution in [0.4, 0.5) is 17.1 Å². The van der Waals surface area contributed by atoms with Gasteiger partial charge in [0, 0.05) is 4.47 Å². The minimum atomic E-state index is -4.52. The largest absolute Gasteiger partial charge is 0.397 e. The Bertz CT molecular complexity index is 2060. The fourth-order valence-electron chi connectivity index (χ4n) is 4.71. The maximum atomic E-state index is 14.4. The summed E-state index contributed by atoms with van der Waals surface area (Å²) in [6.45, 7) is 3.55. The molecule has 13 heteroatoms. The molecule has 4 aromatic carbocycles. The molecule has 0 bridgehead atoms. The number of carbonyl (C=O) groups excluding carboxylic acids is 2. The molecule has 6 N–H and O–H groups in total. The molecule has 0 saturated heterocycles. The molecule has 41 heavy (non-hydrogen) atoms. The highest BCUT2D eigenvalue weighted by atomic mass is 79.9. The molecule has 210 valence electrons. The summed E-state index contributed by atoms with van der Waals surface area (Å²) in [4.78, 5) is 26.9. The highest BCUT2D eigenvalue weighted by Gasteiger charge is 2.44. The van der Waals surface area contributed by atoms with Gasteiger partial charge in [0.05, 0.1) is 58.5 Å². The molecule has 0 aromatic heterocycles. The number of benzene rings is 4. The predicted octanol–water partition coefficient (Wildman–Crippen LogP) is 5.02. The van der Waals surface area contributed by atoms with Gasteiger partial charge in [-0.2, -0.15) is 0 Å². The average Bonchev–Trinajstić information content (AvgIpc) is 2.91. The number of anilines is 3. The zero-order valence-corrected chi connectivity index (χ0v) is 26.3. The lowest BCUT2D eigenvalue weighted by atomic mass is 9.82. The second-order valence-corrected chi connectivity index (χ2v) is 15.0. The fraction of sp³-hybridized carbons (Fsp3) is 0.0714. The van der Waals surface area contributed by atoms with Crippen LogP contribution in [0.15, 0.2) is 83.1 Å². The molecule has 1 aliphatic rings. The first kappa shape index (κ1) is 29.0. The molecule has 0 spiro atoms. The topological polar surface area (TPSA) is 180 Å². The van der Waals surface area contributed by atoms with Crippen molar-refractivity contribution in [2.75, 3.05) is 17.2 Å². The number of hydrogen-bond donors (Lipinski definition) is 3. The molecule has 0 radical (unpaired) electrons. The van der Waals surface area contributed by atoms with Crippen molar-refractivity contribution >= 4 is 80.2 Å². The minimum Gasteiger partial charge on any atom is -0.397 e. The van der Waals surface area contributed by atoms with E-state index in [2.05, 4.69) is 31.9 Å². The monoisotopic (exact) mass is 717 g/mol. The number of hydrogen-bond acceptors (Lipinski definition) is 9. The second-order valence-electron chi connectivity index (χ2n) is 9.53. The molecule has 0 unspecified atom stereocenters. The summed E-state index contributed by atoms with van der Waals surface area (Å²) in [5.41, 5.74) is 17.3. The van der Waals surface area contributed by atoms with Gasteiger partial charge in [-0.25, -0.2) is 16.8 Å². The minimum absolute atomic E-state index is 0.0483. The number of ketones is 2. The Morgan fingerprint density at radius 3 is 1.54 bits per heavy atom. The van der Waals surface area contributed by atoms with Gasteiger partial charge in [-0.15, -0.1) is 0 Å². The highest BCUT2D eigenvalue weighted by Crippen LogP contribution is 2.48. The lowest BCUT2D eigenvalue weighted by Crippen LogP contribution is -2.29. The van der Waals surface area contributed by atoms with Crippen molar-refractivity contribution in [1.82, 2.24) is 0 Å². The molecule has 0 aliphatic heterocycles. The normalized spacial score (nSPS) is 13.2. The van der Waals surface area contributed by atoms with E-state index in [1.165, 1.54) is 24.3 Å². The number of fused-ring (bicyclic) bond motifs is 2. The Morgan fingerprint density at radius 2 is 1.02 bits per heavy atom. The van der Waals surface area contributed by atoms with Gasteiger partial charge < -0.3 is 17.2 Å². The number of nitrogens with two attached hydrogens (primary N) is 3. The maximum Gasteiger partial charge on any atom is 0.209 e. The number of rotatable bonds is 4. The van der Waals surface area contributed by atoms with Gasteiger partial charge in [0.1, 0.15) is 4.90 Å². The first-order valence-electron chi connectivity index (χ1n) is 11.9. The first-order chi connectivity index (χ1) is 19.1. The Labute approximate surface area is 252 Å². The van der Waals surface area contributed by atoms with Gasteiger partial charge in [0.2, 0.25) is 19.7 Å². The number of carbonyl (C=O) groups is 2. The van der Waals surface area contributed by atoms with E-state index in [9.17, 15) is 26.4 Å². The van der Waals surface area contributed by atoms with Crippen molar-refractivity contribution in [2.45, 2.75) is 33.4 Å². The van der Waals surface area contributed by atoms with E-state index in [1.54, 1.807) is 38.1 Å².